The third-order valence-corrected chi connectivity index (χ3v) is 3.22. The molecular weight excluding hydrogens is 204 g/mol. The third kappa shape index (κ3) is 1.10. The molecule has 2 atom stereocenters. The highest BCUT2D eigenvalue weighted by atomic mass is 79.9. The van der Waals surface area contributed by atoms with Gasteiger partial charge in [0, 0.05) is 6.42 Å². The molecule has 58 valence electrons. The molecule has 0 heterocycles. The number of rotatable bonds is 0. The molecule has 0 saturated heterocycles. The second-order valence-electron chi connectivity index (χ2n) is 2.87. The van der Waals surface area contributed by atoms with Crippen molar-refractivity contribution in [1.82, 2.24) is 0 Å². The summed E-state index contributed by atoms with van der Waals surface area (Å²) in [7, 11) is 0. The number of benzene rings is 1. The number of aliphatic hydroxyl groups excluding tert-OH is 1. The summed E-state index contributed by atoms with van der Waals surface area (Å²) in [5.41, 5.74) is 2.50. The van der Waals surface area contributed by atoms with Crippen LogP contribution in [0.15, 0.2) is 24.3 Å². The highest BCUT2D eigenvalue weighted by molar-refractivity contribution is 9.09. The molecule has 0 bridgehead atoms. The summed E-state index contributed by atoms with van der Waals surface area (Å²) < 4.78 is 0. The normalized spacial score (nSPS) is 28.5. The molecule has 1 aromatic rings. The largest absolute Gasteiger partial charge is 0.391 e. The van der Waals surface area contributed by atoms with Crippen LogP contribution in [-0.2, 0) is 6.42 Å². The SMILES string of the molecule is OC1Cc2ccccc2C1Br. The quantitative estimate of drug-likeness (QED) is 0.654. The van der Waals surface area contributed by atoms with E-state index in [0.29, 0.717) is 0 Å². The Balaban J connectivity index is 2.47. The lowest BCUT2D eigenvalue weighted by Crippen LogP contribution is -2.06. The van der Waals surface area contributed by atoms with E-state index >= 15 is 0 Å². The Kier molecular flexibility index (Phi) is 1.74. The Morgan fingerprint density at radius 1 is 1.36 bits per heavy atom. The molecule has 0 radical (unpaired) electrons. The molecule has 0 amide bonds. The van der Waals surface area contributed by atoms with E-state index in [9.17, 15) is 5.11 Å². The molecule has 1 aliphatic carbocycles. The zero-order valence-corrected chi connectivity index (χ0v) is 7.58. The fourth-order valence-electron chi connectivity index (χ4n) is 1.53. The highest BCUT2D eigenvalue weighted by Crippen LogP contribution is 2.37. The smallest absolute Gasteiger partial charge is 0.0746 e. The minimum Gasteiger partial charge on any atom is -0.391 e. The third-order valence-electron chi connectivity index (χ3n) is 2.12. The minimum atomic E-state index is -0.243. The number of alkyl halides is 1. The van der Waals surface area contributed by atoms with E-state index in [4.69, 9.17) is 0 Å². The van der Waals surface area contributed by atoms with Crippen LogP contribution in [0.4, 0.5) is 0 Å². The first-order valence-electron chi connectivity index (χ1n) is 3.69. The summed E-state index contributed by atoms with van der Waals surface area (Å²) in [5.74, 6) is 0. The summed E-state index contributed by atoms with van der Waals surface area (Å²) in [6.07, 6.45) is 0.541. The number of halogens is 1. The van der Waals surface area contributed by atoms with Crippen molar-refractivity contribution in [2.24, 2.45) is 0 Å². The van der Waals surface area contributed by atoms with Gasteiger partial charge in [0.05, 0.1) is 10.9 Å². The van der Waals surface area contributed by atoms with Gasteiger partial charge in [-0.05, 0) is 11.1 Å². The van der Waals surface area contributed by atoms with E-state index in [1.807, 2.05) is 12.1 Å². The van der Waals surface area contributed by atoms with Crippen LogP contribution in [0, 0.1) is 0 Å². The van der Waals surface area contributed by atoms with E-state index in [1.54, 1.807) is 0 Å². The highest BCUT2D eigenvalue weighted by Gasteiger charge is 2.27. The fourth-order valence-corrected chi connectivity index (χ4v) is 2.16. The lowest BCUT2D eigenvalue weighted by Gasteiger charge is -2.05. The molecule has 1 nitrogen and oxygen atoms in total. The molecule has 0 spiro atoms. The van der Waals surface area contributed by atoms with Crippen LogP contribution >= 0.6 is 15.9 Å². The fraction of sp³-hybridized carbons (Fsp3) is 0.333. The van der Waals surface area contributed by atoms with Crippen molar-refractivity contribution in [3.05, 3.63) is 35.4 Å². The number of aliphatic hydroxyl groups is 1. The van der Waals surface area contributed by atoms with Crippen molar-refractivity contribution >= 4 is 15.9 Å². The molecular formula is C9H9BrO. The summed E-state index contributed by atoms with van der Waals surface area (Å²) in [5, 5.41) is 9.47. The van der Waals surface area contributed by atoms with Crippen molar-refractivity contribution in [2.75, 3.05) is 0 Å². The molecule has 11 heavy (non-hydrogen) atoms. The summed E-state index contributed by atoms with van der Waals surface area (Å²) in [6.45, 7) is 0. The minimum absolute atomic E-state index is 0.138. The zero-order valence-electron chi connectivity index (χ0n) is 6.00. The number of hydrogen-bond acceptors (Lipinski definition) is 1. The molecule has 2 heteroatoms. The van der Waals surface area contributed by atoms with Crippen LogP contribution in [0.25, 0.3) is 0 Å². The van der Waals surface area contributed by atoms with Crippen LogP contribution in [0.3, 0.4) is 0 Å². The Bertz CT molecular complexity index is 272. The lowest BCUT2D eigenvalue weighted by atomic mass is 10.1. The first-order valence-corrected chi connectivity index (χ1v) is 4.60. The average Bonchev–Trinajstić information content (AvgIpc) is 2.30. The van der Waals surface area contributed by atoms with E-state index in [0.717, 1.165) is 6.42 Å². The van der Waals surface area contributed by atoms with Gasteiger partial charge in [0.1, 0.15) is 0 Å². The Morgan fingerprint density at radius 3 is 2.82 bits per heavy atom. The molecule has 0 aromatic heterocycles. The molecule has 0 saturated carbocycles. The second-order valence-corrected chi connectivity index (χ2v) is 3.86. The van der Waals surface area contributed by atoms with E-state index < -0.39 is 0 Å². The van der Waals surface area contributed by atoms with E-state index in [2.05, 4.69) is 28.1 Å². The number of hydrogen-bond donors (Lipinski definition) is 1. The van der Waals surface area contributed by atoms with E-state index in [-0.39, 0.29) is 10.9 Å². The summed E-state index contributed by atoms with van der Waals surface area (Å²) in [6, 6.07) is 8.15. The Hall–Kier alpha value is -0.340. The first kappa shape index (κ1) is 7.32. The Morgan fingerprint density at radius 2 is 2.09 bits per heavy atom. The molecule has 2 rings (SSSR count). The van der Waals surface area contributed by atoms with Gasteiger partial charge in [-0.15, -0.1) is 0 Å². The predicted octanol–water partition coefficient (Wildman–Crippen LogP) is 2.04. The predicted molar refractivity (Wildman–Crippen MR) is 47.8 cm³/mol. The van der Waals surface area contributed by atoms with Crippen molar-refractivity contribution in [1.29, 1.82) is 0 Å². The molecule has 1 aliphatic rings. The number of fused-ring (bicyclic) bond motifs is 1. The van der Waals surface area contributed by atoms with Gasteiger partial charge in [-0.1, -0.05) is 40.2 Å². The van der Waals surface area contributed by atoms with Gasteiger partial charge in [-0.3, -0.25) is 0 Å². The van der Waals surface area contributed by atoms with Gasteiger partial charge in [-0.2, -0.15) is 0 Å². The van der Waals surface area contributed by atoms with Crippen LogP contribution in [0.2, 0.25) is 0 Å². The van der Waals surface area contributed by atoms with Gasteiger partial charge in [-0.25, -0.2) is 0 Å². The maximum atomic E-state index is 9.47. The van der Waals surface area contributed by atoms with Gasteiger partial charge < -0.3 is 5.11 Å². The monoisotopic (exact) mass is 212 g/mol. The Labute approximate surface area is 74.2 Å². The van der Waals surface area contributed by atoms with Crippen molar-refractivity contribution in [3.63, 3.8) is 0 Å². The second kappa shape index (κ2) is 2.61. The van der Waals surface area contributed by atoms with Gasteiger partial charge >= 0.3 is 0 Å². The molecule has 0 aliphatic heterocycles. The van der Waals surface area contributed by atoms with Crippen LogP contribution in [0.5, 0.6) is 0 Å². The standard InChI is InChI=1S/C9H9BrO/c10-9-7-4-2-1-3-6(7)5-8(9)11/h1-4,8-9,11H,5H2. The van der Waals surface area contributed by atoms with Crippen molar-refractivity contribution in [3.8, 4) is 0 Å². The van der Waals surface area contributed by atoms with E-state index in [1.165, 1.54) is 11.1 Å². The first-order chi connectivity index (χ1) is 5.29. The zero-order chi connectivity index (χ0) is 7.84. The van der Waals surface area contributed by atoms with Gasteiger partial charge in [0.15, 0.2) is 0 Å². The summed E-state index contributed by atoms with van der Waals surface area (Å²) >= 11 is 3.45. The van der Waals surface area contributed by atoms with Crippen molar-refractivity contribution < 1.29 is 5.11 Å². The lowest BCUT2D eigenvalue weighted by molar-refractivity contribution is 0.186. The maximum absolute atomic E-state index is 9.47. The van der Waals surface area contributed by atoms with Crippen LogP contribution in [-0.4, -0.2) is 11.2 Å². The van der Waals surface area contributed by atoms with Gasteiger partial charge in [0.25, 0.3) is 0 Å². The molecule has 1 aromatic carbocycles. The van der Waals surface area contributed by atoms with Crippen molar-refractivity contribution in [2.45, 2.75) is 17.4 Å². The van der Waals surface area contributed by atoms with Crippen LogP contribution < -0.4 is 0 Å². The topological polar surface area (TPSA) is 20.2 Å². The molecule has 1 N–H and O–H groups in total. The maximum Gasteiger partial charge on any atom is 0.0746 e. The molecule has 2 unspecified atom stereocenters. The molecule has 0 fully saturated rings. The van der Waals surface area contributed by atoms with Crippen LogP contribution in [0.1, 0.15) is 16.0 Å². The van der Waals surface area contributed by atoms with Gasteiger partial charge in [0.2, 0.25) is 0 Å². The average molecular weight is 213 g/mol. The summed E-state index contributed by atoms with van der Waals surface area (Å²) in [4.78, 5) is 0.138.